The van der Waals surface area contributed by atoms with E-state index in [9.17, 15) is 19.4 Å². The highest BCUT2D eigenvalue weighted by atomic mass is 32.5. The normalized spacial score (nSPS) is 20.1. The lowest BCUT2D eigenvalue weighted by molar-refractivity contribution is 0.384. The van der Waals surface area contributed by atoms with Crippen LogP contribution in [0.2, 0.25) is 0 Å². The molecular formula is C4H5F5S. The van der Waals surface area contributed by atoms with Gasteiger partial charge in [0.2, 0.25) is 0 Å². The molecule has 0 aliphatic rings. The smallest absolute Gasteiger partial charge is 0.0990 e. The van der Waals surface area contributed by atoms with Gasteiger partial charge in [0.15, 0.2) is 0 Å². The zero-order valence-corrected chi connectivity index (χ0v) is 5.55. The van der Waals surface area contributed by atoms with E-state index >= 15 is 0 Å². The molecule has 0 atom stereocenters. The Morgan fingerprint density at radius 3 is 1.50 bits per heavy atom. The molecule has 0 saturated carbocycles. The second kappa shape index (κ2) is 1.55. The Morgan fingerprint density at radius 2 is 1.40 bits per heavy atom. The van der Waals surface area contributed by atoms with Gasteiger partial charge in [-0.1, -0.05) is 32.1 Å². The van der Waals surface area contributed by atoms with Gasteiger partial charge in [0.05, 0.1) is 5.41 Å². The molecule has 0 N–H and O–H groups in total. The van der Waals surface area contributed by atoms with Crippen LogP contribution in [-0.2, 0) is 0 Å². The lowest BCUT2D eigenvalue weighted by Crippen LogP contribution is -1.98. The zero-order valence-electron chi connectivity index (χ0n) is 4.74. The van der Waals surface area contributed by atoms with Gasteiger partial charge >= 0.3 is 10.2 Å². The minimum atomic E-state index is -9.31. The predicted octanol–water partition coefficient (Wildman–Crippen LogP) is 3.98. The fourth-order valence-electron chi connectivity index (χ4n) is 0.204. The van der Waals surface area contributed by atoms with Crippen molar-refractivity contribution >= 4 is 10.2 Å². The molecule has 0 aliphatic heterocycles. The summed E-state index contributed by atoms with van der Waals surface area (Å²) < 4.78 is 56.3. The van der Waals surface area contributed by atoms with Gasteiger partial charge in [-0.25, -0.2) is 0 Å². The first kappa shape index (κ1) is 9.48. The molecular weight excluding hydrogens is 175 g/mol. The molecule has 62 valence electrons. The van der Waals surface area contributed by atoms with Gasteiger partial charge in [-0.3, -0.25) is 0 Å². The van der Waals surface area contributed by atoms with Crippen LogP contribution in [-0.4, -0.2) is 0 Å². The molecule has 0 saturated heterocycles. The molecule has 0 fully saturated rings. The molecule has 0 amide bonds. The summed E-state index contributed by atoms with van der Waals surface area (Å²) >= 11 is 0. The molecule has 0 aromatic carbocycles. The van der Waals surface area contributed by atoms with Crippen molar-refractivity contribution in [1.82, 2.24) is 0 Å². The van der Waals surface area contributed by atoms with Crippen LogP contribution in [0.25, 0.3) is 0 Å². The van der Waals surface area contributed by atoms with E-state index in [2.05, 4.69) is 6.58 Å². The summed E-state index contributed by atoms with van der Waals surface area (Å²) in [6, 6.07) is 0. The Kier molecular flexibility index (Phi) is 1.47. The van der Waals surface area contributed by atoms with Crippen LogP contribution in [0.15, 0.2) is 24.1 Å². The first-order valence-electron chi connectivity index (χ1n) is 2.08. The third-order valence-corrected chi connectivity index (χ3v) is 1.14. The van der Waals surface area contributed by atoms with Crippen LogP contribution in [0, 0.1) is 0 Å². The molecule has 0 radical (unpaired) electrons. The van der Waals surface area contributed by atoms with Crippen molar-refractivity contribution in [2.45, 2.75) is 0 Å². The van der Waals surface area contributed by atoms with E-state index in [1.54, 1.807) is 0 Å². The average Bonchev–Trinajstić information content (AvgIpc) is 1.55. The first-order chi connectivity index (χ1) is 4.04. The summed E-state index contributed by atoms with van der Waals surface area (Å²) in [6.07, 6.45) is 0.805. The van der Waals surface area contributed by atoms with Gasteiger partial charge in [-0.2, -0.15) is 0 Å². The topological polar surface area (TPSA) is 0 Å². The largest absolute Gasteiger partial charge is 0.304 e. The van der Waals surface area contributed by atoms with Crippen LogP contribution >= 0.6 is 10.2 Å². The Balaban J connectivity index is 4.75. The van der Waals surface area contributed by atoms with Crippen molar-refractivity contribution in [2.24, 2.45) is 0 Å². The van der Waals surface area contributed by atoms with E-state index in [4.69, 9.17) is 0 Å². The van der Waals surface area contributed by atoms with E-state index in [0.717, 1.165) is 0 Å². The highest BCUT2D eigenvalue weighted by molar-refractivity contribution is 8.48. The third-order valence-electron chi connectivity index (χ3n) is 0.472. The Bertz CT molecular complexity index is 171. The number of halogens is 5. The quantitative estimate of drug-likeness (QED) is 0.445. The van der Waals surface area contributed by atoms with Crippen LogP contribution < -0.4 is 0 Å². The van der Waals surface area contributed by atoms with Gasteiger partial charge in [0.25, 0.3) is 0 Å². The molecule has 0 unspecified atom stereocenters. The van der Waals surface area contributed by atoms with Gasteiger partial charge in [0, 0.05) is 0 Å². The number of hydrogen-bond donors (Lipinski definition) is 0. The van der Waals surface area contributed by atoms with E-state index in [0.29, 0.717) is 6.08 Å². The maximum absolute atomic E-state index is 11.3. The second-order valence-electron chi connectivity index (χ2n) is 1.59. The fraction of sp³-hybridized carbons (Fsp3) is 0. The fourth-order valence-corrected chi connectivity index (χ4v) is 0.612. The predicted molar refractivity (Wildman–Crippen MR) is 32.5 cm³/mol. The van der Waals surface area contributed by atoms with Gasteiger partial charge < -0.3 is 0 Å². The SMILES string of the molecule is C=CC=CS(F)(F)(F)(F)F. The summed E-state index contributed by atoms with van der Waals surface area (Å²) in [6.45, 7) is 2.82. The van der Waals surface area contributed by atoms with E-state index in [-0.39, 0.29) is 6.08 Å². The molecule has 0 bridgehead atoms. The molecule has 10 heavy (non-hydrogen) atoms. The van der Waals surface area contributed by atoms with Gasteiger partial charge in [-0.05, 0) is 6.08 Å². The lowest BCUT2D eigenvalue weighted by Gasteiger charge is -2.36. The summed E-state index contributed by atoms with van der Waals surface area (Å²) in [4.78, 5) is 0. The first-order valence-corrected chi connectivity index (χ1v) is 4.10. The van der Waals surface area contributed by atoms with Crippen molar-refractivity contribution < 1.29 is 19.4 Å². The molecule has 0 aliphatic carbocycles. The van der Waals surface area contributed by atoms with Crippen molar-refractivity contribution in [3.8, 4) is 0 Å². The number of hydrogen-bond acceptors (Lipinski definition) is 0. The molecule has 0 rings (SSSR count). The van der Waals surface area contributed by atoms with E-state index in [1.807, 2.05) is 0 Å². The molecule has 6 heteroatoms. The highest BCUT2D eigenvalue weighted by Gasteiger charge is 2.60. The van der Waals surface area contributed by atoms with Gasteiger partial charge in [0.1, 0.15) is 0 Å². The van der Waals surface area contributed by atoms with Crippen molar-refractivity contribution in [3.05, 3.63) is 24.1 Å². The van der Waals surface area contributed by atoms with E-state index in [1.165, 1.54) is 0 Å². The van der Waals surface area contributed by atoms with Crippen LogP contribution in [0.5, 0.6) is 0 Å². The van der Waals surface area contributed by atoms with Crippen molar-refractivity contribution in [1.29, 1.82) is 0 Å². The molecule has 0 spiro atoms. The minimum Gasteiger partial charge on any atom is -0.0990 e. The van der Waals surface area contributed by atoms with Crippen LogP contribution in [0.3, 0.4) is 0 Å². The van der Waals surface area contributed by atoms with Gasteiger partial charge in [-0.15, -0.1) is 0 Å². The average molecular weight is 180 g/mol. The second-order valence-corrected chi connectivity index (χ2v) is 3.92. The molecule has 0 aromatic heterocycles. The molecule has 0 nitrogen and oxygen atoms in total. The third kappa shape index (κ3) is 7.48. The number of rotatable bonds is 2. The summed E-state index contributed by atoms with van der Waals surface area (Å²) in [5, 5.41) is -1.05. The van der Waals surface area contributed by atoms with Crippen LogP contribution in [0.1, 0.15) is 0 Å². The summed E-state index contributed by atoms with van der Waals surface area (Å²) in [5.41, 5.74) is 0. The standard InChI is InChI=1S/C4H5F5S/c1-2-3-4-10(5,6,7,8)9/h2-4H,1H2. The lowest BCUT2D eigenvalue weighted by atomic mass is 10.6. The minimum absolute atomic E-state index is 0.168. The Morgan fingerprint density at radius 1 is 1.00 bits per heavy atom. The van der Waals surface area contributed by atoms with Crippen molar-refractivity contribution in [2.75, 3.05) is 0 Å². The maximum atomic E-state index is 11.3. The summed E-state index contributed by atoms with van der Waals surface area (Å²) in [7, 11) is -9.31. The van der Waals surface area contributed by atoms with E-state index < -0.39 is 15.6 Å². The zero-order chi connectivity index (χ0) is 8.53. The maximum Gasteiger partial charge on any atom is 0.304 e. The molecule has 0 heterocycles. The monoisotopic (exact) mass is 180 g/mol. The number of allylic oxidation sites excluding steroid dienone is 2. The van der Waals surface area contributed by atoms with Crippen LogP contribution in [0.4, 0.5) is 19.4 Å². The highest BCUT2D eigenvalue weighted by Crippen LogP contribution is 2.98. The summed E-state index contributed by atoms with van der Waals surface area (Å²) in [5.74, 6) is 0. The van der Waals surface area contributed by atoms with Crippen molar-refractivity contribution in [3.63, 3.8) is 0 Å². The Labute approximate surface area is 54.8 Å². The Hall–Kier alpha value is -0.520. The molecule has 0 aromatic rings.